The van der Waals surface area contributed by atoms with Crippen LogP contribution in [0.2, 0.25) is 5.02 Å². The zero-order valence-corrected chi connectivity index (χ0v) is 22.1. The summed E-state index contributed by atoms with van der Waals surface area (Å²) in [5.74, 6) is 0. The Hall–Kier alpha value is -3.76. The van der Waals surface area contributed by atoms with Gasteiger partial charge in [-0.2, -0.15) is 9.61 Å². The van der Waals surface area contributed by atoms with E-state index in [1.165, 1.54) is 15.9 Å². The number of hydrogen-bond donors (Lipinski definition) is 0. The van der Waals surface area contributed by atoms with E-state index in [2.05, 4.69) is 35.4 Å². The minimum absolute atomic E-state index is 0.0440. The van der Waals surface area contributed by atoms with Gasteiger partial charge in [0.15, 0.2) is 0 Å². The summed E-state index contributed by atoms with van der Waals surface area (Å²) < 4.78 is 1.29. The van der Waals surface area contributed by atoms with Gasteiger partial charge >= 0.3 is 0 Å². The summed E-state index contributed by atoms with van der Waals surface area (Å²) in [4.78, 5) is 18.8. The number of fused-ring (bicyclic) bond motifs is 1. The van der Waals surface area contributed by atoms with Crippen LogP contribution in [0.4, 0.5) is 0 Å². The highest BCUT2D eigenvalue weighted by molar-refractivity contribution is 7.93. The molecule has 0 N–H and O–H groups in total. The monoisotopic (exact) mass is 537 g/mol. The molecule has 4 aromatic carbocycles. The van der Waals surface area contributed by atoms with E-state index in [4.69, 9.17) is 22.9 Å². The molecule has 0 amide bonds. The lowest BCUT2D eigenvalue weighted by atomic mass is 10.1. The van der Waals surface area contributed by atoms with Crippen molar-refractivity contribution in [3.05, 3.63) is 131 Å². The molecular weight excluding hydrogens is 517 g/mol. The molecule has 0 fully saturated rings. The second kappa shape index (κ2) is 9.60. The van der Waals surface area contributed by atoms with Crippen LogP contribution >= 0.6 is 29.8 Å². The Morgan fingerprint density at radius 1 is 0.757 bits per heavy atom. The zero-order chi connectivity index (χ0) is 25.4. The van der Waals surface area contributed by atoms with E-state index in [1.807, 2.05) is 84.9 Å². The highest BCUT2D eigenvalue weighted by Crippen LogP contribution is 2.45. The number of rotatable bonds is 5. The van der Waals surface area contributed by atoms with Gasteiger partial charge in [0.2, 0.25) is 4.96 Å². The minimum atomic E-state index is -2.34. The quantitative estimate of drug-likeness (QED) is 0.259. The van der Waals surface area contributed by atoms with Crippen molar-refractivity contribution in [2.45, 2.75) is 0 Å². The molecular formula is C30H21ClN3OPS. The van der Waals surface area contributed by atoms with Crippen LogP contribution in [-0.4, -0.2) is 20.9 Å². The molecule has 0 unspecified atom stereocenters. The number of hydrogen-bond acceptors (Lipinski definition) is 4. The lowest BCUT2D eigenvalue weighted by molar-refractivity contribution is 0.905. The van der Waals surface area contributed by atoms with Crippen LogP contribution in [0.1, 0.15) is 0 Å². The highest BCUT2D eigenvalue weighted by atomic mass is 35.5. The summed E-state index contributed by atoms with van der Waals surface area (Å²) in [6.07, 6.45) is 4.87. The predicted octanol–water partition coefficient (Wildman–Crippen LogP) is 5.86. The lowest BCUT2D eigenvalue weighted by Crippen LogP contribution is -2.27. The van der Waals surface area contributed by atoms with Crippen molar-refractivity contribution < 1.29 is 0 Å². The molecule has 0 aliphatic heterocycles. The van der Waals surface area contributed by atoms with Gasteiger partial charge in [-0.25, -0.2) is 4.98 Å². The van der Waals surface area contributed by atoms with Gasteiger partial charge in [-0.15, -0.1) is 0 Å². The first-order valence-corrected chi connectivity index (χ1v) is 14.8. The fourth-order valence-corrected chi connectivity index (χ4v) is 8.77. The van der Waals surface area contributed by atoms with Gasteiger partial charge < -0.3 is 0 Å². The number of aromatic nitrogens is 3. The van der Waals surface area contributed by atoms with Gasteiger partial charge in [0.25, 0.3) is 5.56 Å². The Morgan fingerprint density at radius 3 is 1.92 bits per heavy atom. The molecule has 0 radical (unpaired) electrons. The molecule has 37 heavy (non-hydrogen) atoms. The maximum Gasteiger partial charge on any atom is 0.294 e. The molecule has 6 aromatic rings. The molecule has 0 atom stereocenters. The van der Waals surface area contributed by atoms with Crippen LogP contribution in [0.5, 0.6) is 0 Å². The van der Waals surface area contributed by atoms with Crippen LogP contribution in [0.15, 0.2) is 120 Å². The topological polar surface area (TPSA) is 47.3 Å². The van der Waals surface area contributed by atoms with Crippen molar-refractivity contribution in [2.24, 2.45) is 0 Å². The van der Waals surface area contributed by atoms with E-state index in [-0.39, 0.29) is 10.6 Å². The van der Waals surface area contributed by atoms with Gasteiger partial charge in [-0.3, -0.25) is 4.79 Å². The van der Waals surface area contributed by atoms with Gasteiger partial charge in [0, 0.05) is 11.1 Å². The van der Waals surface area contributed by atoms with E-state index in [9.17, 15) is 4.79 Å². The van der Waals surface area contributed by atoms with Crippen LogP contribution < -0.4 is 21.5 Å². The first kappa shape index (κ1) is 23.6. The third-order valence-corrected chi connectivity index (χ3v) is 11.2. The summed E-state index contributed by atoms with van der Waals surface area (Å²) >= 11 is 8.10. The molecule has 0 bridgehead atoms. The third-order valence-electron chi connectivity index (χ3n) is 6.34. The van der Waals surface area contributed by atoms with Crippen molar-refractivity contribution in [1.29, 1.82) is 0 Å². The summed E-state index contributed by atoms with van der Waals surface area (Å²) in [5, 5.41) is 8.54. The standard InChI is InChI=1S/C30H21ClN3OPS/c1-36(22-15-7-3-8-16-22,23-17-9-4-10-18-23)25-20-12-11-19-24(25)27-26(31)29(35)34-30(32-27)37-28(33-34)21-13-5-2-6-14-21/h2-20H,1H2. The first-order valence-electron chi connectivity index (χ1n) is 11.7. The molecule has 0 aliphatic carbocycles. The van der Waals surface area contributed by atoms with Gasteiger partial charge in [0.05, 0.1) is 5.69 Å². The Balaban J connectivity index is 1.61. The van der Waals surface area contributed by atoms with Crippen molar-refractivity contribution in [1.82, 2.24) is 14.6 Å². The molecule has 6 rings (SSSR count). The summed E-state index contributed by atoms with van der Waals surface area (Å²) in [5.41, 5.74) is 1.79. The fraction of sp³-hybridized carbons (Fsp3) is 0. The molecule has 0 aliphatic rings. The van der Waals surface area contributed by atoms with E-state index >= 15 is 0 Å². The number of nitrogens with zero attached hydrogens (tertiary/aromatic N) is 3. The van der Waals surface area contributed by atoms with Crippen LogP contribution in [-0.2, 0) is 0 Å². The maximum atomic E-state index is 13.4. The highest BCUT2D eigenvalue weighted by Gasteiger charge is 2.27. The molecule has 0 saturated carbocycles. The summed E-state index contributed by atoms with van der Waals surface area (Å²) in [6.45, 7) is -2.34. The van der Waals surface area contributed by atoms with Crippen LogP contribution in [0.3, 0.4) is 0 Å². The van der Waals surface area contributed by atoms with Crippen molar-refractivity contribution >= 4 is 57.0 Å². The van der Waals surface area contributed by atoms with E-state index in [0.717, 1.165) is 27.0 Å². The molecule has 2 aromatic heterocycles. The van der Waals surface area contributed by atoms with Crippen molar-refractivity contribution in [3.63, 3.8) is 0 Å². The predicted molar refractivity (Wildman–Crippen MR) is 159 cm³/mol. The maximum absolute atomic E-state index is 13.4. The number of halogens is 1. The lowest BCUT2D eigenvalue weighted by Gasteiger charge is -2.28. The summed E-state index contributed by atoms with van der Waals surface area (Å²) in [7, 11) is 0. The average Bonchev–Trinajstić information content (AvgIpc) is 3.41. The summed E-state index contributed by atoms with van der Waals surface area (Å²) in [6, 6.07) is 38.4. The van der Waals surface area contributed by atoms with Crippen LogP contribution in [0, 0.1) is 0 Å². The van der Waals surface area contributed by atoms with E-state index < -0.39 is 6.89 Å². The van der Waals surface area contributed by atoms with Gasteiger partial charge in [0.1, 0.15) is 10.0 Å². The Bertz CT molecular complexity index is 1790. The van der Waals surface area contributed by atoms with Crippen molar-refractivity contribution in [2.75, 3.05) is 0 Å². The third kappa shape index (κ3) is 4.06. The largest absolute Gasteiger partial charge is 0.294 e. The molecule has 2 heterocycles. The Labute approximate surface area is 223 Å². The SMILES string of the molecule is C=P(c1ccccc1)(c1ccccc1)c1ccccc1-c1nc2sc(-c3ccccc3)nn2c(=O)c1Cl. The molecule has 0 saturated heterocycles. The molecule has 7 heteroatoms. The number of benzene rings is 4. The second-order valence-electron chi connectivity index (χ2n) is 8.55. The average molecular weight is 538 g/mol. The van der Waals surface area contributed by atoms with E-state index in [0.29, 0.717) is 15.7 Å². The molecule has 4 nitrogen and oxygen atoms in total. The normalized spacial score (nSPS) is 11.6. The van der Waals surface area contributed by atoms with E-state index in [1.54, 1.807) is 0 Å². The van der Waals surface area contributed by atoms with Crippen LogP contribution in [0.25, 0.3) is 26.8 Å². The zero-order valence-electron chi connectivity index (χ0n) is 19.7. The Morgan fingerprint density at radius 2 is 1.30 bits per heavy atom. The first-order chi connectivity index (χ1) is 18.1. The minimum Gasteiger partial charge on any atom is -0.266 e. The van der Waals surface area contributed by atoms with Crippen molar-refractivity contribution in [3.8, 4) is 21.8 Å². The Kier molecular flexibility index (Phi) is 6.13. The van der Waals surface area contributed by atoms with Gasteiger partial charge in [-0.05, 0) is 22.8 Å². The smallest absolute Gasteiger partial charge is 0.266 e. The molecule has 180 valence electrons. The molecule has 0 spiro atoms. The fourth-order valence-electron chi connectivity index (χ4n) is 4.50. The van der Waals surface area contributed by atoms with Gasteiger partial charge in [-0.1, -0.05) is 144 Å². The second-order valence-corrected chi connectivity index (χ2v) is 13.0.